The summed E-state index contributed by atoms with van der Waals surface area (Å²) >= 11 is 0. The zero-order valence-corrected chi connectivity index (χ0v) is 15.8. The molecule has 1 heterocycles. The van der Waals surface area contributed by atoms with Crippen molar-refractivity contribution in [3.63, 3.8) is 0 Å². The summed E-state index contributed by atoms with van der Waals surface area (Å²) in [4.78, 5) is 4.38. The fourth-order valence-electron chi connectivity index (χ4n) is 7.23. The minimum absolute atomic E-state index is 0.252. The molecule has 0 aromatic carbocycles. The number of aromatic nitrogens is 1. The first-order valence-electron chi connectivity index (χ1n) is 10.5. The number of hydrogen-bond acceptors (Lipinski definition) is 1. The molecule has 0 aliphatic heterocycles. The van der Waals surface area contributed by atoms with E-state index in [2.05, 4.69) is 49.3 Å². The summed E-state index contributed by atoms with van der Waals surface area (Å²) in [5, 5.41) is 0. The molecule has 5 atom stereocenters. The maximum absolute atomic E-state index is 4.38. The van der Waals surface area contributed by atoms with E-state index in [4.69, 9.17) is 0 Å². The van der Waals surface area contributed by atoms with Gasteiger partial charge in [-0.05, 0) is 78.9 Å². The Hall–Kier alpha value is -1.37. The van der Waals surface area contributed by atoms with Crippen LogP contribution in [0.5, 0.6) is 0 Å². The molecule has 5 unspecified atom stereocenters. The second kappa shape index (κ2) is 5.56. The third kappa shape index (κ3) is 2.17. The molecule has 25 heavy (non-hydrogen) atoms. The molecule has 132 valence electrons. The topological polar surface area (TPSA) is 12.9 Å². The van der Waals surface area contributed by atoms with Gasteiger partial charge in [-0.2, -0.15) is 0 Å². The molecule has 5 rings (SSSR count). The lowest BCUT2D eigenvalue weighted by Crippen LogP contribution is -2.49. The molecule has 4 aliphatic rings. The highest BCUT2D eigenvalue weighted by molar-refractivity contribution is 5.78. The first kappa shape index (κ1) is 15.9. The summed E-state index contributed by atoms with van der Waals surface area (Å²) in [6.07, 6.45) is 20.4. The highest BCUT2D eigenvalue weighted by Crippen LogP contribution is 2.66. The van der Waals surface area contributed by atoms with Gasteiger partial charge in [0.1, 0.15) is 0 Å². The van der Waals surface area contributed by atoms with Crippen LogP contribution < -0.4 is 0 Å². The van der Waals surface area contributed by atoms with E-state index in [9.17, 15) is 0 Å². The quantitative estimate of drug-likeness (QED) is 0.577. The van der Waals surface area contributed by atoms with Crippen LogP contribution in [0.2, 0.25) is 0 Å². The van der Waals surface area contributed by atoms with Crippen LogP contribution in [0.1, 0.15) is 70.8 Å². The molecule has 1 nitrogen and oxygen atoms in total. The summed E-state index contributed by atoms with van der Waals surface area (Å²) < 4.78 is 0. The molecule has 0 spiro atoms. The van der Waals surface area contributed by atoms with Gasteiger partial charge in [0.15, 0.2) is 0 Å². The smallest absolute Gasteiger partial charge is 0.0343 e. The second-order valence-corrected chi connectivity index (χ2v) is 9.55. The van der Waals surface area contributed by atoms with Crippen molar-refractivity contribution in [3.8, 4) is 0 Å². The third-order valence-corrected chi connectivity index (χ3v) is 8.60. The van der Waals surface area contributed by atoms with Crippen molar-refractivity contribution >= 4 is 5.57 Å². The molecular formula is C24H31N. The fourth-order valence-corrected chi connectivity index (χ4v) is 7.23. The van der Waals surface area contributed by atoms with Crippen LogP contribution in [0.4, 0.5) is 0 Å². The van der Waals surface area contributed by atoms with Gasteiger partial charge in [-0.1, -0.05) is 50.5 Å². The first-order chi connectivity index (χ1) is 12.1. The molecule has 0 bridgehead atoms. The van der Waals surface area contributed by atoms with E-state index in [1.165, 1.54) is 62.5 Å². The molecule has 1 aromatic heterocycles. The molecule has 3 saturated carbocycles. The monoisotopic (exact) mass is 333 g/mol. The second-order valence-electron chi connectivity index (χ2n) is 9.55. The molecular weight excluding hydrogens is 302 g/mol. The summed E-state index contributed by atoms with van der Waals surface area (Å²) in [5.74, 6) is 2.75. The van der Waals surface area contributed by atoms with Gasteiger partial charge in [0.05, 0.1) is 0 Å². The van der Waals surface area contributed by atoms with Gasteiger partial charge in [0.2, 0.25) is 0 Å². The Morgan fingerprint density at radius 2 is 1.92 bits per heavy atom. The van der Waals surface area contributed by atoms with E-state index in [1.807, 2.05) is 6.20 Å². The summed E-state index contributed by atoms with van der Waals surface area (Å²) in [5.41, 5.74) is 5.47. The maximum Gasteiger partial charge on any atom is 0.0343 e. The fraction of sp³-hybridized carbons (Fsp3) is 0.625. The van der Waals surface area contributed by atoms with Crippen molar-refractivity contribution < 1.29 is 0 Å². The van der Waals surface area contributed by atoms with Crippen molar-refractivity contribution in [2.45, 2.75) is 65.2 Å². The first-order valence-corrected chi connectivity index (χ1v) is 10.5. The number of allylic oxidation sites excluding steroid dienone is 4. The molecule has 4 aliphatic carbocycles. The SMILES string of the molecule is CC12CCC3C(CCC4CCCCC43C)C1=CC=C2c1cccnc1. The molecule has 0 N–H and O–H groups in total. The van der Waals surface area contributed by atoms with E-state index >= 15 is 0 Å². The van der Waals surface area contributed by atoms with Crippen molar-refractivity contribution in [2.75, 3.05) is 0 Å². The van der Waals surface area contributed by atoms with Crippen LogP contribution in [0.3, 0.4) is 0 Å². The van der Waals surface area contributed by atoms with Gasteiger partial charge in [0.25, 0.3) is 0 Å². The van der Waals surface area contributed by atoms with Gasteiger partial charge in [-0.15, -0.1) is 0 Å². The lowest BCUT2D eigenvalue weighted by molar-refractivity contribution is -0.0463. The van der Waals surface area contributed by atoms with E-state index in [0.717, 1.165) is 17.8 Å². The minimum Gasteiger partial charge on any atom is -0.264 e. The van der Waals surface area contributed by atoms with Gasteiger partial charge in [-0.3, -0.25) is 4.98 Å². The van der Waals surface area contributed by atoms with Crippen molar-refractivity contribution in [1.82, 2.24) is 4.98 Å². The Balaban J connectivity index is 1.48. The minimum atomic E-state index is 0.252. The predicted molar refractivity (Wildman–Crippen MR) is 104 cm³/mol. The molecule has 0 radical (unpaired) electrons. The van der Waals surface area contributed by atoms with Crippen LogP contribution in [-0.2, 0) is 0 Å². The van der Waals surface area contributed by atoms with Crippen LogP contribution in [0, 0.1) is 28.6 Å². The largest absolute Gasteiger partial charge is 0.264 e. The average Bonchev–Trinajstić information content (AvgIpc) is 2.99. The number of pyridine rings is 1. The maximum atomic E-state index is 4.38. The van der Waals surface area contributed by atoms with Crippen LogP contribution in [0.15, 0.2) is 42.3 Å². The number of hydrogen-bond donors (Lipinski definition) is 0. The lowest BCUT2D eigenvalue weighted by Gasteiger charge is -2.58. The molecule has 3 fully saturated rings. The van der Waals surface area contributed by atoms with Gasteiger partial charge < -0.3 is 0 Å². The Kier molecular flexibility index (Phi) is 3.53. The van der Waals surface area contributed by atoms with E-state index < -0.39 is 0 Å². The molecule has 1 heteroatoms. The summed E-state index contributed by atoms with van der Waals surface area (Å²) in [7, 11) is 0. The van der Waals surface area contributed by atoms with E-state index in [1.54, 1.807) is 5.57 Å². The van der Waals surface area contributed by atoms with E-state index in [0.29, 0.717) is 5.41 Å². The van der Waals surface area contributed by atoms with Crippen LogP contribution >= 0.6 is 0 Å². The Bertz CT molecular complexity index is 730. The molecule has 1 aromatic rings. The predicted octanol–water partition coefficient (Wildman–Crippen LogP) is 6.43. The normalized spacial score (nSPS) is 42.7. The van der Waals surface area contributed by atoms with Gasteiger partial charge in [-0.25, -0.2) is 0 Å². The van der Waals surface area contributed by atoms with Crippen LogP contribution in [-0.4, -0.2) is 4.98 Å². The number of rotatable bonds is 1. The zero-order chi connectivity index (χ0) is 17.1. The van der Waals surface area contributed by atoms with Crippen molar-refractivity contribution in [1.29, 1.82) is 0 Å². The highest BCUT2D eigenvalue weighted by atomic mass is 14.6. The van der Waals surface area contributed by atoms with Gasteiger partial charge >= 0.3 is 0 Å². The summed E-state index contributed by atoms with van der Waals surface area (Å²) in [6.45, 7) is 5.16. The average molecular weight is 334 g/mol. The Morgan fingerprint density at radius 1 is 1.00 bits per heavy atom. The Labute approximate surface area is 152 Å². The van der Waals surface area contributed by atoms with Crippen molar-refractivity contribution in [2.24, 2.45) is 28.6 Å². The third-order valence-electron chi connectivity index (χ3n) is 8.60. The molecule has 0 saturated heterocycles. The Morgan fingerprint density at radius 3 is 2.76 bits per heavy atom. The number of nitrogens with zero attached hydrogens (tertiary/aromatic N) is 1. The lowest BCUT2D eigenvalue weighted by atomic mass is 9.46. The van der Waals surface area contributed by atoms with Crippen molar-refractivity contribution in [3.05, 3.63) is 47.8 Å². The zero-order valence-electron chi connectivity index (χ0n) is 15.8. The standard InChI is InChI=1S/C24H31N/c1-23-13-4-3-7-18(23)8-9-19-21-11-10-20(17-6-5-15-25-16-17)24(21,2)14-12-22(19)23/h5-6,10-11,15-16,18-19,22H,3-4,7-9,12-14H2,1-2H3. The van der Waals surface area contributed by atoms with Gasteiger partial charge in [0, 0.05) is 17.8 Å². The van der Waals surface area contributed by atoms with Crippen LogP contribution in [0.25, 0.3) is 5.57 Å². The highest BCUT2D eigenvalue weighted by Gasteiger charge is 2.55. The molecule has 0 amide bonds. The summed E-state index contributed by atoms with van der Waals surface area (Å²) in [6, 6.07) is 4.32. The van der Waals surface area contributed by atoms with E-state index in [-0.39, 0.29) is 5.41 Å². The number of fused-ring (bicyclic) bond motifs is 5.